The van der Waals surface area contributed by atoms with Crippen LogP contribution in [-0.4, -0.2) is 30.5 Å². The molecular formula is C20H23ClN2O2. The number of nitrogens with zero attached hydrogens (tertiary/aromatic N) is 1. The number of amides is 1. The Labute approximate surface area is 153 Å². The van der Waals surface area contributed by atoms with Gasteiger partial charge in [-0.2, -0.15) is 0 Å². The highest BCUT2D eigenvalue weighted by Gasteiger charge is 2.11. The minimum atomic E-state index is -0.176. The van der Waals surface area contributed by atoms with Crippen molar-refractivity contribution in [2.24, 2.45) is 0 Å². The number of carbonyl (C=O) groups is 1. The Bertz CT molecular complexity index is 697. The molecule has 0 radical (unpaired) electrons. The van der Waals surface area contributed by atoms with Crippen LogP contribution in [0.3, 0.4) is 0 Å². The fourth-order valence-corrected chi connectivity index (χ4v) is 3.13. The first-order valence-corrected chi connectivity index (χ1v) is 9.06. The van der Waals surface area contributed by atoms with Crippen LogP contribution in [0.4, 0.5) is 5.69 Å². The van der Waals surface area contributed by atoms with Gasteiger partial charge in [-0.15, -0.1) is 0 Å². The van der Waals surface area contributed by atoms with Crippen molar-refractivity contribution in [1.29, 1.82) is 0 Å². The molecule has 0 saturated carbocycles. The third-order valence-electron chi connectivity index (χ3n) is 4.25. The molecule has 1 N–H and O–H groups in total. The number of likely N-dealkylation sites (tertiary alicyclic amines) is 1. The molecule has 0 aromatic heterocycles. The van der Waals surface area contributed by atoms with Crippen molar-refractivity contribution in [1.82, 2.24) is 4.90 Å². The van der Waals surface area contributed by atoms with Gasteiger partial charge in [-0.25, -0.2) is 0 Å². The Morgan fingerprint density at radius 1 is 1.08 bits per heavy atom. The Hall–Kier alpha value is -2.04. The van der Waals surface area contributed by atoms with Crippen LogP contribution in [0.5, 0.6) is 5.75 Å². The van der Waals surface area contributed by atoms with E-state index in [4.69, 9.17) is 16.3 Å². The fourth-order valence-electron chi connectivity index (χ4n) is 3.00. The monoisotopic (exact) mass is 358 g/mol. The van der Waals surface area contributed by atoms with Gasteiger partial charge in [-0.3, -0.25) is 9.69 Å². The van der Waals surface area contributed by atoms with Crippen molar-refractivity contribution in [2.75, 3.05) is 25.0 Å². The van der Waals surface area contributed by atoms with Gasteiger partial charge < -0.3 is 10.1 Å². The molecule has 5 heteroatoms. The average molecular weight is 359 g/mol. The lowest BCUT2D eigenvalue weighted by atomic mass is 10.1. The Balaban J connectivity index is 1.50. The van der Waals surface area contributed by atoms with Crippen LogP contribution in [0.15, 0.2) is 48.5 Å². The number of halogens is 1. The summed E-state index contributed by atoms with van der Waals surface area (Å²) in [4.78, 5) is 14.5. The van der Waals surface area contributed by atoms with Crippen LogP contribution in [0.1, 0.15) is 24.8 Å². The minimum Gasteiger partial charge on any atom is -0.484 e. The largest absolute Gasteiger partial charge is 0.484 e. The lowest BCUT2D eigenvalue weighted by Gasteiger charge is -2.26. The number of benzene rings is 2. The second-order valence-electron chi connectivity index (χ2n) is 6.33. The van der Waals surface area contributed by atoms with E-state index in [9.17, 15) is 4.79 Å². The van der Waals surface area contributed by atoms with E-state index in [1.165, 1.54) is 24.8 Å². The summed E-state index contributed by atoms with van der Waals surface area (Å²) in [6.07, 6.45) is 3.89. The number of carbonyl (C=O) groups excluding carboxylic acids is 1. The summed E-state index contributed by atoms with van der Waals surface area (Å²) >= 11 is 5.83. The summed E-state index contributed by atoms with van der Waals surface area (Å²) in [5, 5.41) is 3.53. The maximum Gasteiger partial charge on any atom is 0.262 e. The standard InChI is InChI=1S/C20H23ClN2O2/c21-17-7-9-19(10-8-17)25-15-20(24)22-18-6-4-5-16(13-18)14-23-11-2-1-3-12-23/h4-10,13H,1-3,11-12,14-15H2,(H,22,24). The van der Waals surface area contributed by atoms with Gasteiger partial charge in [0.15, 0.2) is 6.61 Å². The molecule has 1 aliphatic heterocycles. The van der Waals surface area contributed by atoms with E-state index in [1.54, 1.807) is 24.3 Å². The smallest absolute Gasteiger partial charge is 0.262 e. The molecule has 1 fully saturated rings. The third kappa shape index (κ3) is 5.76. The molecule has 4 nitrogen and oxygen atoms in total. The van der Waals surface area contributed by atoms with Crippen molar-refractivity contribution in [3.63, 3.8) is 0 Å². The summed E-state index contributed by atoms with van der Waals surface area (Å²) in [5.41, 5.74) is 2.03. The van der Waals surface area contributed by atoms with E-state index in [0.717, 1.165) is 25.3 Å². The van der Waals surface area contributed by atoms with E-state index in [0.29, 0.717) is 10.8 Å². The third-order valence-corrected chi connectivity index (χ3v) is 4.50. The van der Waals surface area contributed by atoms with E-state index in [-0.39, 0.29) is 12.5 Å². The Morgan fingerprint density at radius 3 is 2.60 bits per heavy atom. The van der Waals surface area contributed by atoms with E-state index < -0.39 is 0 Å². The molecule has 1 saturated heterocycles. The van der Waals surface area contributed by atoms with E-state index in [2.05, 4.69) is 16.3 Å². The van der Waals surface area contributed by atoms with Crippen LogP contribution >= 0.6 is 11.6 Å². The molecule has 0 bridgehead atoms. The van der Waals surface area contributed by atoms with Gasteiger partial charge in [0, 0.05) is 17.3 Å². The molecule has 0 unspecified atom stereocenters. The molecular weight excluding hydrogens is 336 g/mol. The van der Waals surface area contributed by atoms with Gasteiger partial charge in [-0.05, 0) is 67.9 Å². The number of hydrogen-bond acceptors (Lipinski definition) is 3. The van der Waals surface area contributed by atoms with E-state index >= 15 is 0 Å². The summed E-state index contributed by atoms with van der Waals surface area (Å²) in [6, 6.07) is 15.0. The summed E-state index contributed by atoms with van der Waals surface area (Å²) in [6.45, 7) is 3.22. The van der Waals surface area contributed by atoms with E-state index in [1.807, 2.05) is 18.2 Å². The Morgan fingerprint density at radius 2 is 1.84 bits per heavy atom. The first kappa shape index (κ1) is 17.8. The summed E-state index contributed by atoms with van der Waals surface area (Å²) in [5.74, 6) is 0.448. The SMILES string of the molecule is O=C(COc1ccc(Cl)cc1)Nc1cccc(CN2CCCCC2)c1. The van der Waals surface area contributed by atoms with Crippen molar-refractivity contribution >= 4 is 23.2 Å². The van der Waals surface area contributed by atoms with Gasteiger partial charge in [0.05, 0.1) is 0 Å². The molecule has 0 atom stereocenters. The maximum absolute atomic E-state index is 12.1. The van der Waals surface area contributed by atoms with Crippen LogP contribution in [0, 0.1) is 0 Å². The minimum absolute atomic E-state index is 0.0298. The highest BCUT2D eigenvalue weighted by molar-refractivity contribution is 6.30. The van der Waals surface area contributed by atoms with Gasteiger partial charge in [0.25, 0.3) is 5.91 Å². The number of rotatable bonds is 6. The fraction of sp³-hybridized carbons (Fsp3) is 0.350. The number of ether oxygens (including phenoxy) is 1. The number of hydrogen-bond donors (Lipinski definition) is 1. The van der Waals surface area contributed by atoms with Crippen LogP contribution < -0.4 is 10.1 Å². The summed E-state index contributed by atoms with van der Waals surface area (Å²) < 4.78 is 5.47. The first-order chi connectivity index (χ1) is 12.2. The second kappa shape index (κ2) is 8.88. The summed E-state index contributed by atoms with van der Waals surface area (Å²) in [7, 11) is 0. The number of nitrogens with one attached hydrogen (secondary N) is 1. The molecule has 132 valence electrons. The van der Waals surface area contributed by atoms with Crippen molar-refractivity contribution in [2.45, 2.75) is 25.8 Å². The molecule has 0 aliphatic carbocycles. The average Bonchev–Trinajstić information content (AvgIpc) is 2.62. The molecule has 25 heavy (non-hydrogen) atoms. The molecule has 1 aliphatic rings. The van der Waals surface area contributed by atoms with Gasteiger partial charge in [0.2, 0.25) is 0 Å². The number of anilines is 1. The molecule has 2 aromatic carbocycles. The maximum atomic E-state index is 12.1. The quantitative estimate of drug-likeness (QED) is 0.835. The molecule has 3 rings (SSSR count). The normalized spacial score (nSPS) is 14.9. The van der Waals surface area contributed by atoms with Crippen molar-refractivity contribution < 1.29 is 9.53 Å². The second-order valence-corrected chi connectivity index (χ2v) is 6.76. The molecule has 1 amide bonds. The highest BCUT2D eigenvalue weighted by Crippen LogP contribution is 2.17. The van der Waals surface area contributed by atoms with Gasteiger partial charge in [0.1, 0.15) is 5.75 Å². The predicted molar refractivity (Wildman–Crippen MR) is 101 cm³/mol. The first-order valence-electron chi connectivity index (χ1n) is 8.68. The zero-order valence-corrected chi connectivity index (χ0v) is 15.0. The highest BCUT2D eigenvalue weighted by atomic mass is 35.5. The molecule has 2 aromatic rings. The predicted octanol–water partition coefficient (Wildman–Crippen LogP) is 4.34. The number of piperidine rings is 1. The van der Waals surface area contributed by atoms with Crippen LogP contribution in [0.25, 0.3) is 0 Å². The lowest BCUT2D eigenvalue weighted by Crippen LogP contribution is -2.29. The Kier molecular flexibility index (Phi) is 6.31. The lowest BCUT2D eigenvalue weighted by molar-refractivity contribution is -0.118. The van der Waals surface area contributed by atoms with Crippen molar-refractivity contribution in [3.8, 4) is 5.75 Å². The molecule has 0 spiro atoms. The van der Waals surface area contributed by atoms with Gasteiger partial charge >= 0.3 is 0 Å². The van der Waals surface area contributed by atoms with Crippen LogP contribution in [-0.2, 0) is 11.3 Å². The zero-order valence-electron chi connectivity index (χ0n) is 14.2. The zero-order chi connectivity index (χ0) is 17.5. The topological polar surface area (TPSA) is 41.6 Å². The van der Waals surface area contributed by atoms with Gasteiger partial charge in [-0.1, -0.05) is 30.2 Å². The van der Waals surface area contributed by atoms with Crippen LogP contribution in [0.2, 0.25) is 5.02 Å². The van der Waals surface area contributed by atoms with Crippen molar-refractivity contribution in [3.05, 3.63) is 59.1 Å². The molecule has 1 heterocycles.